The summed E-state index contributed by atoms with van der Waals surface area (Å²) < 4.78 is 13.8. The van der Waals surface area contributed by atoms with E-state index in [1.165, 1.54) is 6.07 Å². The lowest BCUT2D eigenvalue weighted by atomic mass is 10.1. The maximum atomic E-state index is 13.8. The average Bonchev–Trinajstić information content (AvgIpc) is 2.40. The molecule has 20 heavy (non-hydrogen) atoms. The van der Waals surface area contributed by atoms with Crippen molar-refractivity contribution < 1.29 is 4.39 Å². The zero-order valence-corrected chi connectivity index (χ0v) is 12.5. The molecule has 2 rings (SSSR count). The summed E-state index contributed by atoms with van der Waals surface area (Å²) >= 11 is 10.8. The molecule has 2 aromatic carbocycles. The van der Waals surface area contributed by atoms with E-state index >= 15 is 0 Å². The van der Waals surface area contributed by atoms with Crippen molar-refractivity contribution in [3.8, 4) is 0 Å². The molecule has 0 bridgehead atoms. The molecule has 5 heteroatoms. The van der Waals surface area contributed by atoms with E-state index in [4.69, 9.17) is 29.6 Å². The third kappa shape index (κ3) is 3.26. The minimum atomic E-state index is -0.405. The zero-order valence-electron chi connectivity index (χ0n) is 10.9. The minimum Gasteiger partial charge on any atom is -0.389 e. The molecule has 0 atom stereocenters. The smallest absolute Gasteiger partial charge is 0.135 e. The molecule has 0 saturated carbocycles. The Labute approximate surface area is 128 Å². The maximum absolute atomic E-state index is 13.8. The van der Waals surface area contributed by atoms with E-state index in [0.29, 0.717) is 17.3 Å². The van der Waals surface area contributed by atoms with E-state index in [9.17, 15) is 4.39 Å². The van der Waals surface area contributed by atoms with E-state index in [1.54, 1.807) is 12.1 Å². The lowest BCUT2D eigenvalue weighted by Gasteiger charge is -2.22. The highest BCUT2D eigenvalue weighted by Crippen LogP contribution is 2.24. The summed E-state index contributed by atoms with van der Waals surface area (Å²) in [5, 5.41) is 0.686. The van der Waals surface area contributed by atoms with E-state index in [0.717, 1.165) is 5.56 Å². The monoisotopic (exact) mass is 308 g/mol. The molecule has 2 nitrogen and oxygen atoms in total. The van der Waals surface area contributed by atoms with Gasteiger partial charge < -0.3 is 10.6 Å². The SMILES string of the molecule is CN(Cc1ccc(Cl)cc1)c1cccc(F)c1C(N)=S. The van der Waals surface area contributed by atoms with Crippen LogP contribution >= 0.6 is 23.8 Å². The normalized spacial score (nSPS) is 10.3. The van der Waals surface area contributed by atoms with Crippen LogP contribution in [0.4, 0.5) is 10.1 Å². The van der Waals surface area contributed by atoms with Crippen LogP contribution in [0.2, 0.25) is 5.02 Å². The van der Waals surface area contributed by atoms with E-state index in [2.05, 4.69) is 0 Å². The van der Waals surface area contributed by atoms with Crippen LogP contribution in [0.5, 0.6) is 0 Å². The third-order valence-electron chi connectivity index (χ3n) is 2.98. The Hall–Kier alpha value is -1.65. The Morgan fingerprint density at radius 1 is 1.25 bits per heavy atom. The number of nitrogens with zero attached hydrogens (tertiary/aromatic N) is 1. The first-order valence-corrected chi connectivity index (χ1v) is 6.81. The lowest BCUT2D eigenvalue weighted by molar-refractivity contribution is 0.624. The number of halogens is 2. The molecule has 0 unspecified atom stereocenters. The van der Waals surface area contributed by atoms with Crippen molar-refractivity contribution in [1.29, 1.82) is 0 Å². The van der Waals surface area contributed by atoms with Crippen LogP contribution < -0.4 is 10.6 Å². The van der Waals surface area contributed by atoms with Crippen molar-refractivity contribution in [1.82, 2.24) is 0 Å². The number of hydrogen-bond donors (Lipinski definition) is 1. The highest BCUT2D eigenvalue weighted by atomic mass is 35.5. The first kappa shape index (κ1) is 14.8. The fourth-order valence-corrected chi connectivity index (χ4v) is 2.35. The maximum Gasteiger partial charge on any atom is 0.135 e. The Balaban J connectivity index is 2.29. The number of thiocarbonyl (C=S) groups is 1. The summed E-state index contributed by atoms with van der Waals surface area (Å²) in [6.07, 6.45) is 0. The first-order valence-electron chi connectivity index (χ1n) is 6.03. The molecule has 0 aliphatic carbocycles. The second kappa shape index (κ2) is 6.20. The number of hydrogen-bond acceptors (Lipinski definition) is 2. The van der Waals surface area contributed by atoms with Gasteiger partial charge in [0.2, 0.25) is 0 Å². The van der Waals surface area contributed by atoms with Gasteiger partial charge in [-0.2, -0.15) is 0 Å². The molecule has 0 aromatic heterocycles. The van der Waals surface area contributed by atoms with E-state index in [-0.39, 0.29) is 10.6 Å². The molecular weight excluding hydrogens is 295 g/mol. The van der Waals surface area contributed by atoms with Gasteiger partial charge in [-0.25, -0.2) is 4.39 Å². The largest absolute Gasteiger partial charge is 0.389 e. The number of rotatable bonds is 4. The quantitative estimate of drug-likeness (QED) is 0.872. The van der Waals surface area contributed by atoms with Crippen molar-refractivity contribution >= 4 is 34.5 Å². The number of anilines is 1. The van der Waals surface area contributed by atoms with Crippen molar-refractivity contribution in [3.05, 3.63) is 64.4 Å². The highest BCUT2D eigenvalue weighted by Gasteiger charge is 2.14. The zero-order chi connectivity index (χ0) is 14.7. The summed E-state index contributed by atoms with van der Waals surface area (Å²) in [5.74, 6) is -0.405. The molecule has 0 heterocycles. The fraction of sp³-hybridized carbons (Fsp3) is 0.133. The summed E-state index contributed by atoms with van der Waals surface area (Å²) in [6.45, 7) is 0.607. The predicted octanol–water partition coefficient (Wildman–Crippen LogP) is 3.75. The van der Waals surface area contributed by atoms with Crippen molar-refractivity contribution in [2.24, 2.45) is 5.73 Å². The van der Waals surface area contributed by atoms with Crippen LogP contribution in [0, 0.1) is 5.82 Å². The molecule has 0 fully saturated rings. The molecule has 2 aromatic rings. The fourth-order valence-electron chi connectivity index (χ4n) is 2.02. The Morgan fingerprint density at radius 3 is 2.50 bits per heavy atom. The van der Waals surface area contributed by atoms with Crippen molar-refractivity contribution in [3.63, 3.8) is 0 Å². The van der Waals surface area contributed by atoms with Crippen LogP contribution in [0.1, 0.15) is 11.1 Å². The summed E-state index contributed by atoms with van der Waals surface area (Å²) in [4.78, 5) is 1.96. The van der Waals surface area contributed by atoms with Crippen LogP contribution in [-0.2, 0) is 6.54 Å². The van der Waals surface area contributed by atoms with Crippen molar-refractivity contribution in [2.45, 2.75) is 6.54 Å². The number of nitrogens with two attached hydrogens (primary N) is 1. The summed E-state index contributed by atoms with van der Waals surface area (Å²) in [6, 6.07) is 12.3. The highest BCUT2D eigenvalue weighted by molar-refractivity contribution is 7.80. The Morgan fingerprint density at radius 2 is 1.90 bits per heavy atom. The number of benzene rings is 2. The van der Waals surface area contributed by atoms with E-state index in [1.807, 2.05) is 36.2 Å². The minimum absolute atomic E-state index is 0.0565. The summed E-state index contributed by atoms with van der Waals surface area (Å²) in [5.41, 5.74) is 7.63. The van der Waals surface area contributed by atoms with Gasteiger partial charge in [0.25, 0.3) is 0 Å². The van der Waals surface area contributed by atoms with Gasteiger partial charge in [0, 0.05) is 24.3 Å². The molecule has 0 aliphatic rings. The lowest BCUT2D eigenvalue weighted by Crippen LogP contribution is -2.22. The standard InChI is InChI=1S/C15H14ClFN2S/c1-19(9-10-5-7-11(16)8-6-10)13-4-2-3-12(17)14(13)15(18)20/h2-8H,9H2,1H3,(H2,18,20). The van der Waals surface area contributed by atoms with Crippen LogP contribution in [-0.4, -0.2) is 12.0 Å². The van der Waals surface area contributed by atoms with Crippen molar-refractivity contribution in [2.75, 3.05) is 11.9 Å². The van der Waals surface area contributed by atoms with Gasteiger partial charge in [-0.3, -0.25) is 0 Å². The topological polar surface area (TPSA) is 29.3 Å². The van der Waals surface area contributed by atoms with Gasteiger partial charge in [0.05, 0.1) is 5.56 Å². The molecule has 0 amide bonds. The molecule has 0 spiro atoms. The van der Waals surface area contributed by atoms with Crippen LogP contribution in [0.25, 0.3) is 0 Å². The average molecular weight is 309 g/mol. The molecule has 0 saturated heterocycles. The van der Waals surface area contributed by atoms with Gasteiger partial charge in [-0.05, 0) is 29.8 Å². The second-order valence-electron chi connectivity index (χ2n) is 4.48. The first-order chi connectivity index (χ1) is 9.49. The molecule has 104 valence electrons. The van der Waals surface area contributed by atoms with Gasteiger partial charge in [0.15, 0.2) is 0 Å². The van der Waals surface area contributed by atoms with Crippen LogP contribution in [0.3, 0.4) is 0 Å². The van der Waals surface area contributed by atoms with E-state index < -0.39 is 5.82 Å². The van der Waals surface area contributed by atoms with Gasteiger partial charge in [-0.1, -0.05) is 42.0 Å². The Bertz CT molecular complexity index is 628. The van der Waals surface area contributed by atoms with Gasteiger partial charge in [-0.15, -0.1) is 0 Å². The summed E-state index contributed by atoms with van der Waals surface area (Å²) in [7, 11) is 1.87. The Kier molecular flexibility index (Phi) is 4.57. The molecule has 0 aliphatic heterocycles. The third-order valence-corrected chi connectivity index (χ3v) is 3.44. The van der Waals surface area contributed by atoms with Gasteiger partial charge >= 0.3 is 0 Å². The molecule has 0 radical (unpaired) electrons. The van der Waals surface area contributed by atoms with Crippen LogP contribution in [0.15, 0.2) is 42.5 Å². The van der Waals surface area contributed by atoms with Gasteiger partial charge in [0.1, 0.15) is 10.8 Å². The molecule has 2 N–H and O–H groups in total. The second-order valence-corrected chi connectivity index (χ2v) is 5.36. The predicted molar refractivity (Wildman–Crippen MR) is 85.8 cm³/mol. The molecular formula is C15H14ClFN2S.